The molecule has 0 spiro atoms. The van der Waals surface area contributed by atoms with Crippen molar-refractivity contribution >= 4 is 5.97 Å². The van der Waals surface area contributed by atoms with Crippen molar-refractivity contribution in [3.8, 4) is 5.69 Å². The highest BCUT2D eigenvalue weighted by Crippen LogP contribution is 2.43. The summed E-state index contributed by atoms with van der Waals surface area (Å²) < 4.78 is 7.47. The Balaban J connectivity index is 1.65. The van der Waals surface area contributed by atoms with Crippen molar-refractivity contribution in [1.82, 2.24) is 14.7 Å². The van der Waals surface area contributed by atoms with Gasteiger partial charge in [-0.3, -0.25) is 9.69 Å². The van der Waals surface area contributed by atoms with Crippen LogP contribution in [0.3, 0.4) is 0 Å². The number of carboxylic acid groups (broad SMARTS) is 1. The second kappa shape index (κ2) is 6.52. The highest BCUT2D eigenvalue weighted by atomic mass is 16.5. The first-order chi connectivity index (χ1) is 12.5. The van der Waals surface area contributed by atoms with E-state index < -0.39 is 11.4 Å². The molecular weight excluding hydrogens is 330 g/mol. The van der Waals surface area contributed by atoms with Crippen LogP contribution in [0.1, 0.15) is 23.1 Å². The molecule has 1 N–H and O–H groups in total. The fraction of sp³-hybridized carbons (Fsp3) is 0.500. The van der Waals surface area contributed by atoms with Gasteiger partial charge in [0.25, 0.3) is 0 Å². The van der Waals surface area contributed by atoms with Crippen LogP contribution in [0.5, 0.6) is 0 Å². The zero-order valence-electron chi connectivity index (χ0n) is 15.3. The fourth-order valence-corrected chi connectivity index (χ4v) is 4.54. The van der Waals surface area contributed by atoms with Crippen molar-refractivity contribution in [2.75, 3.05) is 26.3 Å². The number of likely N-dealkylation sites (tertiary alicyclic amines) is 1. The van der Waals surface area contributed by atoms with Gasteiger partial charge in [-0.15, -0.1) is 0 Å². The van der Waals surface area contributed by atoms with Gasteiger partial charge in [0.1, 0.15) is 0 Å². The lowest BCUT2D eigenvalue weighted by molar-refractivity contribution is -0.157. The third kappa shape index (κ3) is 2.83. The summed E-state index contributed by atoms with van der Waals surface area (Å²) in [7, 11) is 0. The number of aryl methyl sites for hydroxylation is 2. The van der Waals surface area contributed by atoms with Crippen LogP contribution in [-0.2, 0) is 16.1 Å². The number of aromatic nitrogens is 2. The Morgan fingerprint density at radius 3 is 2.96 bits per heavy atom. The monoisotopic (exact) mass is 355 g/mol. The summed E-state index contributed by atoms with van der Waals surface area (Å²) in [5.74, 6) is -0.617. The molecule has 0 aliphatic carbocycles. The van der Waals surface area contributed by atoms with Crippen LogP contribution in [-0.4, -0.2) is 52.1 Å². The van der Waals surface area contributed by atoms with Gasteiger partial charge >= 0.3 is 5.97 Å². The summed E-state index contributed by atoms with van der Waals surface area (Å²) in [6.45, 7) is 7.37. The first kappa shape index (κ1) is 17.2. The van der Waals surface area contributed by atoms with E-state index in [0.717, 1.165) is 18.8 Å². The lowest BCUT2D eigenvalue weighted by atomic mass is 9.74. The van der Waals surface area contributed by atoms with Gasteiger partial charge < -0.3 is 9.84 Å². The summed E-state index contributed by atoms with van der Waals surface area (Å²) in [6, 6.07) is 6.25. The average molecular weight is 355 g/mol. The molecule has 2 atom stereocenters. The number of carbonyl (C=O) groups is 1. The Bertz CT molecular complexity index is 818. The summed E-state index contributed by atoms with van der Waals surface area (Å²) in [6.07, 6.45) is 4.33. The molecule has 26 heavy (non-hydrogen) atoms. The molecule has 1 aromatic carbocycles. The van der Waals surface area contributed by atoms with Gasteiger partial charge in [0.2, 0.25) is 0 Å². The minimum atomic E-state index is -0.679. The maximum Gasteiger partial charge on any atom is 0.311 e. The summed E-state index contributed by atoms with van der Waals surface area (Å²) in [4.78, 5) is 14.3. The van der Waals surface area contributed by atoms with Gasteiger partial charge in [0.15, 0.2) is 0 Å². The summed E-state index contributed by atoms with van der Waals surface area (Å²) in [5, 5.41) is 14.3. The topological polar surface area (TPSA) is 67.6 Å². The summed E-state index contributed by atoms with van der Waals surface area (Å²) >= 11 is 0. The number of fused-ring (bicyclic) bond motifs is 1. The second-order valence-electron chi connectivity index (χ2n) is 7.68. The van der Waals surface area contributed by atoms with Crippen LogP contribution in [0.4, 0.5) is 0 Å². The summed E-state index contributed by atoms with van der Waals surface area (Å²) in [5.41, 5.74) is 4.03. The molecule has 2 fully saturated rings. The molecule has 1 aromatic heterocycles. The lowest BCUT2D eigenvalue weighted by Crippen LogP contribution is -2.44. The standard InChI is InChI=1S/C20H25N3O3/c1-14-8-15(2)17(18(9-14)23-6-3-5-21-23)11-22-10-16-12-26-7-4-20(16,13-22)19(24)25/h3,5-6,8-9,16H,4,7,10-13H2,1-2H3,(H,24,25)/t16-,20+/m1/s1. The number of nitrogens with zero attached hydrogens (tertiary/aromatic N) is 3. The minimum absolute atomic E-state index is 0.0626. The van der Waals surface area contributed by atoms with E-state index in [9.17, 15) is 9.90 Å². The molecule has 2 aliphatic rings. The van der Waals surface area contributed by atoms with Crippen LogP contribution in [0.15, 0.2) is 30.6 Å². The van der Waals surface area contributed by atoms with Crippen LogP contribution >= 0.6 is 0 Å². The van der Waals surface area contributed by atoms with Crippen molar-refractivity contribution in [1.29, 1.82) is 0 Å². The van der Waals surface area contributed by atoms with E-state index in [1.165, 1.54) is 16.7 Å². The Labute approximate surface area is 153 Å². The third-order valence-corrected chi connectivity index (χ3v) is 5.93. The van der Waals surface area contributed by atoms with E-state index in [1.54, 1.807) is 6.20 Å². The number of rotatable bonds is 4. The van der Waals surface area contributed by atoms with E-state index in [4.69, 9.17) is 4.74 Å². The van der Waals surface area contributed by atoms with Crippen molar-refractivity contribution < 1.29 is 14.6 Å². The number of ether oxygens (including phenoxy) is 1. The Morgan fingerprint density at radius 2 is 2.27 bits per heavy atom. The molecule has 3 heterocycles. The molecular formula is C20H25N3O3. The highest BCUT2D eigenvalue weighted by molar-refractivity contribution is 5.76. The molecule has 4 rings (SSSR count). The molecule has 0 bridgehead atoms. The van der Waals surface area contributed by atoms with Gasteiger partial charge in [-0.2, -0.15) is 5.10 Å². The van der Waals surface area contributed by atoms with Gasteiger partial charge in [-0.1, -0.05) is 6.07 Å². The molecule has 2 aliphatic heterocycles. The Morgan fingerprint density at radius 1 is 1.42 bits per heavy atom. The first-order valence-electron chi connectivity index (χ1n) is 9.13. The van der Waals surface area contributed by atoms with Crippen LogP contribution in [0.2, 0.25) is 0 Å². The normalized spacial score (nSPS) is 26.0. The number of carboxylic acids is 1. The Kier molecular flexibility index (Phi) is 4.32. The molecule has 2 saturated heterocycles. The van der Waals surface area contributed by atoms with Crippen LogP contribution in [0, 0.1) is 25.2 Å². The van der Waals surface area contributed by atoms with Gasteiger partial charge in [0.05, 0.1) is 17.7 Å². The Hall–Kier alpha value is -2.18. The van der Waals surface area contributed by atoms with Crippen molar-refractivity contribution in [2.24, 2.45) is 11.3 Å². The highest BCUT2D eigenvalue weighted by Gasteiger charge is 2.53. The average Bonchev–Trinajstić information content (AvgIpc) is 3.24. The molecule has 0 saturated carbocycles. The number of hydrogen-bond acceptors (Lipinski definition) is 4. The van der Waals surface area contributed by atoms with E-state index in [1.807, 2.05) is 16.9 Å². The number of hydrogen-bond donors (Lipinski definition) is 1. The second-order valence-corrected chi connectivity index (χ2v) is 7.68. The van der Waals surface area contributed by atoms with Crippen molar-refractivity contribution in [2.45, 2.75) is 26.8 Å². The molecule has 138 valence electrons. The molecule has 0 amide bonds. The van der Waals surface area contributed by atoms with E-state index >= 15 is 0 Å². The zero-order chi connectivity index (χ0) is 18.3. The number of aliphatic carboxylic acids is 1. The number of benzene rings is 1. The van der Waals surface area contributed by atoms with Gasteiger partial charge in [-0.05, 0) is 49.1 Å². The first-order valence-corrected chi connectivity index (χ1v) is 9.13. The molecule has 2 aromatic rings. The molecule has 0 unspecified atom stereocenters. The maximum atomic E-state index is 12.0. The van der Waals surface area contributed by atoms with Crippen molar-refractivity contribution in [3.05, 3.63) is 47.3 Å². The molecule has 6 heteroatoms. The quantitative estimate of drug-likeness (QED) is 0.912. The van der Waals surface area contributed by atoms with Crippen LogP contribution < -0.4 is 0 Å². The van der Waals surface area contributed by atoms with Gasteiger partial charge in [0, 0.05) is 44.6 Å². The lowest BCUT2D eigenvalue weighted by Gasteiger charge is -2.34. The largest absolute Gasteiger partial charge is 0.481 e. The van der Waals surface area contributed by atoms with E-state index in [-0.39, 0.29) is 5.92 Å². The SMILES string of the molecule is Cc1cc(C)c(CN2C[C@@H]3COCC[C@]3(C(=O)O)C2)c(-n2cccn2)c1. The maximum absolute atomic E-state index is 12.0. The van der Waals surface area contributed by atoms with E-state index in [0.29, 0.717) is 26.2 Å². The zero-order valence-corrected chi connectivity index (χ0v) is 15.3. The molecule has 6 nitrogen and oxygen atoms in total. The fourth-order valence-electron chi connectivity index (χ4n) is 4.54. The molecule has 0 radical (unpaired) electrons. The van der Waals surface area contributed by atoms with Gasteiger partial charge in [-0.25, -0.2) is 4.68 Å². The van der Waals surface area contributed by atoms with E-state index in [2.05, 4.69) is 36.0 Å². The van der Waals surface area contributed by atoms with Crippen LogP contribution in [0.25, 0.3) is 5.69 Å². The third-order valence-electron chi connectivity index (χ3n) is 5.93. The predicted molar refractivity (Wildman–Crippen MR) is 97.3 cm³/mol. The minimum Gasteiger partial charge on any atom is -0.481 e. The predicted octanol–water partition coefficient (Wildman–Crippen LogP) is 2.41. The van der Waals surface area contributed by atoms with Crippen molar-refractivity contribution in [3.63, 3.8) is 0 Å². The smallest absolute Gasteiger partial charge is 0.311 e.